The third-order valence-electron chi connectivity index (χ3n) is 6.80. The SMILES string of the molecule is FC(F)(F)C(F)(F)C(F)(F)C(F)(F)C(F)(F)C(F)(F)c1cc(Br)ccc1-c1ccc(Br)cc1C(F)(F)C(F)(F)C(F)(F)C(F)(F)C(F)(F)C(F)(F)F. The molecule has 0 N–H and O–H groups in total. The van der Waals surface area contributed by atoms with Gasteiger partial charge in [0.05, 0.1) is 0 Å². The van der Waals surface area contributed by atoms with Crippen LogP contribution in [0.4, 0.5) is 114 Å². The van der Waals surface area contributed by atoms with E-state index in [9.17, 15) is 96.6 Å². The summed E-state index contributed by atoms with van der Waals surface area (Å²) in [5.41, 5.74) is -11.3. The summed E-state index contributed by atoms with van der Waals surface area (Å²) < 4.78 is 357. The number of halogens is 28. The van der Waals surface area contributed by atoms with Crippen molar-refractivity contribution in [3.63, 3.8) is 0 Å². The maximum atomic E-state index is 15.2. The molecule has 0 amide bonds. The van der Waals surface area contributed by atoms with Crippen LogP contribution in [0.15, 0.2) is 45.3 Å². The van der Waals surface area contributed by atoms with Crippen LogP contribution in [-0.2, 0) is 11.8 Å². The van der Waals surface area contributed by atoms with Crippen LogP contribution >= 0.6 is 31.9 Å². The highest BCUT2D eigenvalue weighted by Crippen LogP contribution is 2.65. The molecule has 0 spiro atoms. The van der Waals surface area contributed by atoms with Crippen LogP contribution in [0.2, 0.25) is 0 Å². The molecule has 2 aromatic carbocycles. The van der Waals surface area contributed by atoms with Crippen LogP contribution in [0.1, 0.15) is 11.1 Å². The molecule has 0 bridgehead atoms. The van der Waals surface area contributed by atoms with Gasteiger partial charge in [0, 0.05) is 20.1 Å². The normalized spacial score (nSPS) is 15.7. The second kappa shape index (κ2) is 12.6. The lowest BCUT2D eigenvalue weighted by atomic mass is 9.83. The lowest BCUT2D eigenvalue weighted by Crippen LogP contribution is -2.69. The average molecular weight is 948 g/mol. The molecule has 0 aliphatic carbocycles. The van der Waals surface area contributed by atoms with Gasteiger partial charge in [-0.15, -0.1) is 0 Å². The monoisotopic (exact) mass is 946 g/mol. The van der Waals surface area contributed by atoms with Crippen LogP contribution in [0.25, 0.3) is 11.1 Å². The molecule has 0 aromatic heterocycles. The first kappa shape index (κ1) is 45.7. The molecule has 0 radical (unpaired) electrons. The van der Waals surface area contributed by atoms with Gasteiger partial charge in [-0.3, -0.25) is 0 Å². The van der Waals surface area contributed by atoms with E-state index in [0.717, 1.165) is 0 Å². The van der Waals surface area contributed by atoms with Crippen molar-refractivity contribution >= 4 is 31.9 Å². The zero-order chi connectivity index (χ0) is 41.7. The van der Waals surface area contributed by atoms with Gasteiger partial charge in [-0.25, -0.2) is 0 Å². The number of benzene rings is 2. The maximum Gasteiger partial charge on any atom is 0.460 e. The first-order valence-corrected chi connectivity index (χ1v) is 13.6. The Labute approximate surface area is 285 Å². The zero-order valence-corrected chi connectivity index (χ0v) is 26.2. The smallest absolute Gasteiger partial charge is 0.194 e. The quantitative estimate of drug-likeness (QED) is 0.197. The fourth-order valence-corrected chi connectivity index (χ4v) is 4.62. The van der Waals surface area contributed by atoms with Crippen molar-refractivity contribution in [3.05, 3.63) is 56.5 Å². The molecule has 0 saturated heterocycles. The number of alkyl halides is 26. The van der Waals surface area contributed by atoms with Crippen molar-refractivity contribution in [3.8, 4) is 11.1 Å². The van der Waals surface area contributed by atoms with Gasteiger partial charge in [0.15, 0.2) is 0 Å². The fourth-order valence-electron chi connectivity index (χ4n) is 3.90. The van der Waals surface area contributed by atoms with E-state index in [1.165, 1.54) is 0 Å². The van der Waals surface area contributed by atoms with Gasteiger partial charge in [0.2, 0.25) is 0 Å². The summed E-state index contributed by atoms with van der Waals surface area (Å²) in [4.78, 5) is 0. The van der Waals surface area contributed by atoms with E-state index in [1.807, 2.05) is 0 Å². The topological polar surface area (TPSA) is 0 Å². The van der Waals surface area contributed by atoms with E-state index in [-0.39, 0.29) is 24.3 Å². The summed E-state index contributed by atoms with van der Waals surface area (Å²) in [6, 6.07) is -1.87. The predicted octanol–water partition coefficient (Wildman–Crippen LogP) is 13.3. The molecule has 0 atom stereocenters. The minimum absolute atomic E-state index is 0.145. The van der Waals surface area contributed by atoms with Gasteiger partial charge in [0.1, 0.15) is 0 Å². The summed E-state index contributed by atoms with van der Waals surface area (Å²) in [5.74, 6) is -81.9. The molecule has 0 fully saturated rings. The first-order valence-electron chi connectivity index (χ1n) is 12.0. The van der Waals surface area contributed by atoms with E-state index in [0.29, 0.717) is 0 Å². The van der Waals surface area contributed by atoms with E-state index in [2.05, 4.69) is 31.9 Å². The van der Waals surface area contributed by atoms with Crippen molar-refractivity contribution in [1.82, 2.24) is 0 Å². The maximum absolute atomic E-state index is 15.2. The minimum atomic E-state index is -8.54. The largest absolute Gasteiger partial charge is 0.460 e. The Morgan fingerprint density at radius 2 is 0.500 bits per heavy atom. The third-order valence-corrected chi connectivity index (χ3v) is 7.78. The Balaban J connectivity index is 3.04. The van der Waals surface area contributed by atoms with Gasteiger partial charge >= 0.3 is 71.6 Å². The molecular formula is C24H6Br2F26. The molecular weight excluding hydrogens is 942 g/mol. The van der Waals surface area contributed by atoms with Gasteiger partial charge < -0.3 is 0 Å². The highest BCUT2D eigenvalue weighted by atomic mass is 79.9. The Kier molecular flexibility index (Phi) is 11.0. The second-order valence-corrected chi connectivity index (χ2v) is 12.0. The summed E-state index contributed by atoms with van der Waals surface area (Å²) in [6.45, 7) is 0. The zero-order valence-electron chi connectivity index (χ0n) is 23.0. The van der Waals surface area contributed by atoms with Gasteiger partial charge in [-0.1, -0.05) is 44.0 Å². The molecule has 2 aromatic rings. The second-order valence-electron chi connectivity index (χ2n) is 10.1. The van der Waals surface area contributed by atoms with Crippen molar-refractivity contribution in [2.45, 2.75) is 71.6 Å². The van der Waals surface area contributed by atoms with Crippen molar-refractivity contribution in [1.29, 1.82) is 0 Å². The molecule has 28 heteroatoms. The molecule has 0 saturated carbocycles. The summed E-state index contributed by atoms with van der Waals surface area (Å²) >= 11 is 4.31. The van der Waals surface area contributed by atoms with Gasteiger partial charge in [-0.05, 0) is 35.4 Å². The third kappa shape index (κ3) is 6.15. The Bertz CT molecular complexity index is 1530. The molecule has 2 rings (SSSR count). The minimum Gasteiger partial charge on any atom is -0.194 e. The van der Waals surface area contributed by atoms with Crippen LogP contribution in [0.3, 0.4) is 0 Å². The molecule has 0 aliphatic rings. The van der Waals surface area contributed by atoms with Crippen LogP contribution in [0.5, 0.6) is 0 Å². The van der Waals surface area contributed by atoms with Crippen molar-refractivity contribution in [2.24, 2.45) is 0 Å². The molecule has 0 nitrogen and oxygen atoms in total. The number of hydrogen-bond donors (Lipinski definition) is 0. The lowest BCUT2D eigenvalue weighted by Gasteiger charge is -2.41. The molecule has 0 heterocycles. The predicted molar refractivity (Wildman–Crippen MR) is 127 cm³/mol. The lowest BCUT2D eigenvalue weighted by molar-refractivity contribution is -0.441. The van der Waals surface area contributed by atoms with E-state index < -0.39 is 115 Å². The molecule has 0 aliphatic heterocycles. The van der Waals surface area contributed by atoms with Crippen molar-refractivity contribution in [2.75, 3.05) is 0 Å². The van der Waals surface area contributed by atoms with Gasteiger partial charge in [0.25, 0.3) is 0 Å². The standard InChI is InChI=1S/C24H6Br2F26/c25-7-1-3-9(11(5-7)13(27,28)15(31,32)17(35,36)19(39,40)21(43,44)23(47,48)49)10-4-2-8(26)6-12(10)14(29,30)16(33,34)18(37,38)20(41,42)22(45,46)24(50,51)52/h1-6H. The van der Waals surface area contributed by atoms with Crippen LogP contribution < -0.4 is 0 Å². The highest BCUT2D eigenvalue weighted by Gasteiger charge is 2.92. The number of rotatable bonds is 11. The Hall–Kier alpha value is -2.42. The average Bonchev–Trinajstić information content (AvgIpc) is 2.95. The van der Waals surface area contributed by atoms with E-state index in [1.54, 1.807) is 0 Å². The summed E-state index contributed by atoms with van der Waals surface area (Å²) in [6.07, 6.45) is -15.8. The number of hydrogen-bond acceptors (Lipinski definition) is 0. The summed E-state index contributed by atoms with van der Waals surface area (Å²) in [7, 11) is 0. The highest BCUT2D eigenvalue weighted by molar-refractivity contribution is 9.10. The molecule has 52 heavy (non-hydrogen) atoms. The fraction of sp³-hybridized carbons (Fsp3) is 0.500. The van der Waals surface area contributed by atoms with Crippen LogP contribution in [0, 0.1) is 0 Å². The molecule has 298 valence electrons. The van der Waals surface area contributed by atoms with E-state index >= 15 is 17.6 Å². The Morgan fingerprint density at radius 3 is 0.712 bits per heavy atom. The first-order chi connectivity index (χ1) is 22.5. The molecule has 0 unspecified atom stereocenters. The summed E-state index contributed by atoms with van der Waals surface area (Å²) in [5, 5.41) is 0. The Morgan fingerprint density at radius 1 is 0.288 bits per heavy atom. The van der Waals surface area contributed by atoms with Crippen LogP contribution in [-0.4, -0.2) is 59.7 Å². The van der Waals surface area contributed by atoms with Gasteiger partial charge in [-0.2, -0.15) is 114 Å². The van der Waals surface area contributed by atoms with E-state index in [4.69, 9.17) is 0 Å². The van der Waals surface area contributed by atoms with Crippen molar-refractivity contribution < 1.29 is 114 Å².